The summed E-state index contributed by atoms with van der Waals surface area (Å²) in [6.07, 6.45) is 0. The number of hydrogen-bond donors (Lipinski definition) is 2. The van der Waals surface area contributed by atoms with Gasteiger partial charge in [0.1, 0.15) is 5.75 Å². The van der Waals surface area contributed by atoms with E-state index in [0.29, 0.717) is 16.1 Å². The van der Waals surface area contributed by atoms with Crippen LogP contribution in [0.25, 0.3) is 0 Å². The van der Waals surface area contributed by atoms with Crippen LogP contribution in [0.2, 0.25) is 0 Å². The van der Waals surface area contributed by atoms with E-state index in [1.807, 2.05) is 0 Å². The fourth-order valence-electron chi connectivity index (χ4n) is 2.02. The maximum absolute atomic E-state index is 12.0. The Balaban J connectivity index is 1.80. The van der Waals surface area contributed by atoms with E-state index in [1.54, 1.807) is 30.3 Å². The molecule has 1 heterocycles. The normalized spacial score (nSPS) is 10.1. The highest BCUT2D eigenvalue weighted by molar-refractivity contribution is 9.10. The van der Waals surface area contributed by atoms with E-state index in [9.17, 15) is 14.4 Å². The van der Waals surface area contributed by atoms with Crippen molar-refractivity contribution in [2.45, 2.75) is 0 Å². The Morgan fingerprint density at radius 3 is 2.65 bits per heavy atom. The van der Waals surface area contributed by atoms with Crippen LogP contribution in [0.4, 0.5) is 5.69 Å². The van der Waals surface area contributed by atoms with Gasteiger partial charge in [0.15, 0.2) is 10.4 Å². The van der Waals surface area contributed by atoms with Crippen LogP contribution in [-0.2, 0) is 9.59 Å². The number of nitrogens with one attached hydrogen (secondary N) is 2. The molecular weight excluding hydrogens is 406 g/mol. The third kappa shape index (κ3) is 5.62. The number of hydrogen-bond acceptors (Lipinski definition) is 5. The zero-order valence-electron chi connectivity index (χ0n) is 14.2. The highest BCUT2D eigenvalue weighted by atomic mass is 79.9. The molecular formula is C17H18BrN3O5. The number of carbonyl (C=O) groups excluding carboxylic acids is 3. The Labute approximate surface area is 158 Å². The number of furan rings is 1. The molecule has 0 saturated heterocycles. The van der Waals surface area contributed by atoms with Gasteiger partial charge in [-0.3, -0.25) is 14.4 Å². The lowest BCUT2D eigenvalue weighted by molar-refractivity contribution is -0.132. The lowest BCUT2D eigenvalue weighted by Crippen LogP contribution is -2.41. The Bertz CT molecular complexity index is 805. The quantitative estimate of drug-likeness (QED) is 0.707. The first kappa shape index (κ1) is 19.5. The van der Waals surface area contributed by atoms with Crippen LogP contribution < -0.4 is 15.4 Å². The Morgan fingerprint density at radius 1 is 1.23 bits per heavy atom. The molecule has 3 amide bonds. The molecule has 138 valence electrons. The number of nitrogens with zero attached hydrogens (tertiary/aromatic N) is 1. The number of anilines is 1. The van der Waals surface area contributed by atoms with Crippen molar-refractivity contribution in [2.24, 2.45) is 0 Å². The van der Waals surface area contributed by atoms with Crippen molar-refractivity contribution < 1.29 is 23.5 Å². The molecule has 0 fully saturated rings. The number of likely N-dealkylation sites (N-methyl/N-ethyl adjacent to an activating group) is 1. The maximum atomic E-state index is 12.0. The van der Waals surface area contributed by atoms with Crippen LogP contribution >= 0.6 is 15.9 Å². The minimum atomic E-state index is -0.515. The van der Waals surface area contributed by atoms with E-state index in [-0.39, 0.29) is 24.8 Å². The fourth-order valence-corrected chi connectivity index (χ4v) is 2.33. The number of benzene rings is 1. The molecule has 1 aromatic heterocycles. The molecule has 9 heteroatoms. The summed E-state index contributed by atoms with van der Waals surface area (Å²) in [5.74, 6) is -0.596. The van der Waals surface area contributed by atoms with E-state index in [2.05, 4.69) is 26.6 Å². The zero-order valence-corrected chi connectivity index (χ0v) is 15.8. The number of halogens is 1. The summed E-state index contributed by atoms with van der Waals surface area (Å²) in [6.45, 7) is -0.404. The monoisotopic (exact) mass is 423 g/mol. The van der Waals surface area contributed by atoms with Gasteiger partial charge < -0.3 is 24.7 Å². The van der Waals surface area contributed by atoms with Crippen LogP contribution in [0.1, 0.15) is 10.6 Å². The second kappa shape index (κ2) is 9.04. The van der Waals surface area contributed by atoms with E-state index in [4.69, 9.17) is 9.15 Å². The topological polar surface area (TPSA) is 101 Å². The van der Waals surface area contributed by atoms with Gasteiger partial charge in [-0.2, -0.15) is 0 Å². The smallest absolute Gasteiger partial charge is 0.287 e. The summed E-state index contributed by atoms with van der Waals surface area (Å²) < 4.78 is 10.6. The Hall–Kier alpha value is -2.81. The van der Waals surface area contributed by atoms with Gasteiger partial charge in [0, 0.05) is 18.8 Å². The van der Waals surface area contributed by atoms with Crippen LogP contribution in [0.15, 0.2) is 45.5 Å². The highest BCUT2D eigenvalue weighted by Crippen LogP contribution is 2.16. The van der Waals surface area contributed by atoms with Crippen LogP contribution in [0, 0.1) is 0 Å². The molecule has 0 spiro atoms. The van der Waals surface area contributed by atoms with Gasteiger partial charge in [0.05, 0.1) is 20.2 Å². The molecule has 2 rings (SSSR count). The predicted molar refractivity (Wildman–Crippen MR) is 98.0 cm³/mol. The fraction of sp³-hybridized carbons (Fsp3) is 0.235. The SMILES string of the molecule is COc1cccc(NC(=O)CN(C)C(=O)CNC(=O)c2ccc(Br)o2)c1. The third-order valence-electron chi connectivity index (χ3n) is 3.36. The molecule has 0 unspecified atom stereocenters. The van der Waals surface area contributed by atoms with E-state index < -0.39 is 11.8 Å². The molecule has 26 heavy (non-hydrogen) atoms. The van der Waals surface area contributed by atoms with Gasteiger partial charge in [-0.1, -0.05) is 6.07 Å². The van der Waals surface area contributed by atoms with Crippen molar-refractivity contribution >= 4 is 39.3 Å². The molecule has 0 aliphatic rings. The summed E-state index contributed by atoms with van der Waals surface area (Å²) in [7, 11) is 3.01. The van der Waals surface area contributed by atoms with Crippen LogP contribution in [-0.4, -0.2) is 49.9 Å². The second-order valence-corrected chi connectivity index (χ2v) is 6.10. The molecule has 0 bridgehead atoms. The van der Waals surface area contributed by atoms with E-state index >= 15 is 0 Å². The molecule has 0 aliphatic heterocycles. The van der Waals surface area contributed by atoms with Crippen molar-refractivity contribution in [1.82, 2.24) is 10.2 Å². The van der Waals surface area contributed by atoms with Crippen LogP contribution in [0.5, 0.6) is 5.75 Å². The van der Waals surface area contributed by atoms with Crippen molar-refractivity contribution in [1.29, 1.82) is 0 Å². The number of carbonyl (C=O) groups is 3. The molecule has 2 N–H and O–H groups in total. The van der Waals surface area contributed by atoms with E-state index in [0.717, 1.165) is 0 Å². The Kier molecular flexibility index (Phi) is 6.79. The first-order chi connectivity index (χ1) is 12.4. The van der Waals surface area contributed by atoms with Gasteiger partial charge >= 0.3 is 0 Å². The lowest BCUT2D eigenvalue weighted by Gasteiger charge is -2.17. The number of ether oxygens (including phenoxy) is 1. The summed E-state index contributed by atoms with van der Waals surface area (Å²) in [5, 5.41) is 5.11. The summed E-state index contributed by atoms with van der Waals surface area (Å²) in [6, 6.07) is 9.93. The molecule has 1 aromatic carbocycles. The number of rotatable bonds is 7. The molecule has 8 nitrogen and oxygen atoms in total. The standard InChI is InChI=1S/C17H18BrN3O5/c1-21(10-15(22)20-11-4-3-5-12(8-11)25-2)16(23)9-19-17(24)13-6-7-14(18)26-13/h3-8H,9-10H2,1-2H3,(H,19,24)(H,20,22). The van der Waals surface area contributed by atoms with Crippen molar-refractivity contribution in [2.75, 3.05) is 32.6 Å². The average molecular weight is 424 g/mol. The summed E-state index contributed by atoms with van der Waals surface area (Å²) >= 11 is 3.09. The van der Waals surface area contributed by atoms with Crippen molar-refractivity contribution in [3.8, 4) is 5.75 Å². The highest BCUT2D eigenvalue weighted by Gasteiger charge is 2.16. The molecule has 0 atom stereocenters. The average Bonchev–Trinajstić information content (AvgIpc) is 3.05. The first-order valence-corrected chi connectivity index (χ1v) is 8.39. The van der Waals surface area contributed by atoms with Gasteiger partial charge in [0.25, 0.3) is 5.91 Å². The Morgan fingerprint density at radius 2 is 2.00 bits per heavy atom. The second-order valence-electron chi connectivity index (χ2n) is 5.32. The predicted octanol–water partition coefficient (Wildman–Crippen LogP) is 1.88. The molecule has 2 aromatic rings. The maximum Gasteiger partial charge on any atom is 0.287 e. The summed E-state index contributed by atoms with van der Waals surface area (Å²) in [4.78, 5) is 37.1. The minimum Gasteiger partial charge on any atom is -0.497 e. The van der Waals surface area contributed by atoms with Gasteiger partial charge in [-0.15, -0.1) is 0 Å². The van der Waals surface area contributed by atoms with Crippen molar-refractivity contribution in [3.63, 3.8) is 0 Å². The number of methoxy groups -OCH3 is 1. The van der Waals surface area contributed by atoms with Crippen molar-refractivity contribution in [3.05, 3.63) is 46.8 Å². The number of amides is 3. The zero-order chi connectivity index (χ0) is 19.1. The molecule has 0 saturated carbocycles. The lowest BCUT2D eigenvalue weighted by atomic mass is 10.3. The molecule has 0 aliphatic carbocycles. The van der Waals surface area contributed by atoms with Gasteiger partial charge in [-0.05, 0) is 40.2 Å². The largest absolute Gasteiger partial charge is 0.497 e. The minimum absolute atomic E-state index is 0.0862. The van der Waals surface area contributed by atoms with Gasteiger partial charge in [0.2, 0.25) is 11.8 Å². The third-order valence-corrected chi connectivity index (χ3v) is 3.78. The first-order valence-electron chi connectivity index (χ1n) is 7.60. The van der Waals surface area contributed by atoms with Crippen LogP contribution in [0.3, 0.4) is 0 Å². The van der Waals surface area contributed by atoms with E-state index in [1.165, 1.54) is 25.1 Å². The van der Waals surface area contributed by atoms with Gasteiger partial charge in [-0.25, -0.2) is 0 Å². The molecule has 0 radical (unpaired) electrons. The summed E-state index contributed by atoms with van der Waals surface area (Å²) in [5.41, 5.74) is 0.562.